The number of hydrogen-bond donors (Lipinski definition) is 0. The van der Waals surface area contributed by atoms with E-state index in [0.29, 0.717) is 26.3 Å². The van der Waals surface area contributed by atoms with Gasteiger partial charge in [-0.2, -0.15) is 5.10 Å². The predicted molar refractivity (Wildman–Crippen MR) is 98.7 cm³/mol. The molecule has 0 bridgehead atoms. The average Bonchev–Trinajstić information content (AvgIpc) is 3.33. The van der Waals surface area contributed by atoms with E-state index in [1.807, 2.05) is 41.0 Å². The van der Waals surface area contributed by atoms with Crippen molar-refractivity contribution in [2.45, 2.75) is 25.5 Å². The highest BCUT2D eigenvalue weighted by atomic mass is 16.5. The van der Waals surface area contributed by atoms with Gasteiger partial charge in [-0.3, -0.25) is 9.48 Å². The van der Waals surface area contributed by atoms with Crippen LogP contribution in [0.2, 0.25) is 0 Å². The Morgan fingerprint density at radius 3 is 2.96 bits per heavy atom. The number of carbonyl (C=O) groups is 1. The Morgan fingerprint density at radius 2 is 2.19 bits per heavy atom. The maximum atomic E-state index is 12.9. The second-order valence-corrected chi connectivity index (χ2v) is 6.71. The van der Waals surface area contributed by atoms with E-state index in [9.17, 15) is 4.79 Å². The van der Waals surface area contributed by atoms with Crippen LogP contribution in [0.4, 0.5) is 0 Å². The number of amides is 1. The van der Waals surface area contributed by atoms with Crippen LogP contribution in [0.5, 0.6) is 0 Å². The highest BCUT2D eigenvalue weighted by Crippen LogP contribution is 2.35. The number of methoxy groups -OCH3 is 1. The molecule has 0 saturated carbocycles. The Bertz CT molecular complexity index is 701. The Morgan fingerprint density at radius 1 is 1.38 bits per heavy atom. The van der Waals surface area contributed by atoms with Crippen LogP contribution in [0.1, 0.15) is 23.7 Å². The largest absolute Gasteiger partial charge is 0.383 e. The fourth-order valence-corrected chi connectivity index (χ4v) is 3.34. The minimum Gasteiger partial charge on any atom is -0.383 e. The van der Waals surface area contributed by atoms with E-state index >= 15 is 0 Å². The fourth-order valence-electron chi connectivity index (χ4n) is 3.34. The molecule has 26 heavy (non-hydrogen) atoms. The number of aromatic nitrogens is 2. The van der Waals surface area contributed by atoms with Crippen LogP contribution in [-0.4, -0.2) is 54.5 Å². The van der Waals surface area contributed by atoms with Gasteiger partial charge in [0.1, 0.15) is 0 Å². The molecule has 0 radical (unpaired) electrons. The second-order valence-electron chi connectivity index (χ2n) is 6.71. The zero-order valence-electron chi connectivity index (χ0n) is 15.5. The van der Waals surface area contributed by atoms with Crippen LogP contribution in [0.3, 0.4) is 0 Å². The molecule has 6 heteroatoms. The number of likely N-dealkylation sites (N-methyl/N-ethyl adjacent to an activating group) is 1. The van der Waals surface area contributed by atoms with E-state index in [-0.39, 0.29) is 17.9 Å². The lowest BCUT2D eigenvalue weighted by Crippen LogP contribution is -2.35. The van der Waals surface area contributed by atoms with Crippen molar-refractivity contribution in [2.75, 3.05) is 33.9 Å². The van der Waals surface area contributed by atoms with Gasteiger partial charge in [-0.15, -0.1) is 0 Å². The van der Waals surface area contributed by atoms with Gasteiger partial charge in [0.2, 0.25) is 5.91 Å². The van der Waals surface area contributed by atoms with Gasteiger partial charge >= 0.3 is 0 Å². The van der Waals surface area contributed by atoms with Crippen LogP contribution in [0.25, 0.3) is 0 Å². The van der Waals surface area contributed by atoms with Crippen molar-refractivity contribution in [1.82, 2.24) is 14.7 Å². The van der Waals surface area contributed by atoms with Gasteiger partial charge in [-0.05, 0) is 18.4 Å². The molecule has 0 spiro atoms. The third-order valence-electron chi connectivity index (χ3n) is 4.87. The molecule has 1 aliphatic heterocycles. The van der Waals surface area contributed by atoms with Gasteiger partial charge in [0.05, 0.1) is 31.4 Å². The first kappa shape index (κ1) is 18.6. The summed E-state index contributed by atoms with van der Waals surface area (Å²) in [4.78, 5) is 14.8. The Hall–Kier alpha value is -2.18. The predicted octanol–water partition coefficient (Wildman–Crippen LogP) is 2.31. The molecule has 0 aliphatic carbocycles. The molecule has 2 heterocycles. The molecule has 1 saturated heterocycles. The summed E-state index contributed by atoms with van der Waals surface area (Å²) >= 11 is 0. The van der Waals surface area contributed by atoms with Gasteiger partial charge in [0.15, 0.2) is 0 Å². The van der Waals surface area contributed by atoms with Crippen molar-refractivity contribution in [1.29, 1.82) is 0 Å². The van der Waals surface area contributed by atoms with Crippen molar-refractivity contribution in [2.24, 2.45) is 5.92 Å². The number of hydrogen-bond acceptors (Lipinski definition) is 4. The van der Waals surface area contributed by atoms with Crippen molar-refractivity contribution < 1.29 is 14.3 Å². The number of carbonyl (C=O) groups excluding carboxylic acids is 1. The third kappa shape index (κ3) is 4.51. The summed E-state index contributed by atoms with van der Waals surface area (Å²) in [7, 11) is 3.55. The molecule has 1 aliphatic rings. The standard InChI is InChI=1S/C20H27N3O3/c1-22(10-8-16-6-4-3-5-7-16)20(24)18-9-12-26-19(18)17-14-21-23(15-17)11-13-25-2/h3-7,14-15,18-19H,8-13H2,1-2H3/t18-,19+/m0/s1. The van der Waals surface area contributed by atoms with Gasteiger partial charge in [0.25, 0.3) is 0 Å². The summed E-state index contributed by atoms with van der Waals surface area (Å²) in [6, 6.07) is 10.2. The quantitative estimate of drug-likeness (QED) is 0.727. The maximum absolute atomic E-state index is 12.9. The lowest BCUT2D eigenvalue weighted by atomic mass is 9.96. The van der Waals surface area contributed by atoms with Crippen LogP contribution < -0.4 is 0 Å². The summed E-state index contributed by atoms with van der Waals surface area (Å²) < 4.78 is 12.8. The summed E-state index contributed by atoms with van der Waals surface area (Å²) in [5.74, 6) is 0.00363. The number of rotatable bonds is 8. The van der Waals surface area contributed by atoms with E-state index in [1.165, 1.54) is 5.56 Å². The number of benzene rings is 1. The van der Waals surface area contributed by atoms with Crippen molar-refractivity contribution in [3.05, 3.63) is 53.9 Å². The first-order valence-corrected chi connectivity index (χ1v) is 9.11. The monoisotopic (exact) mass is 357 g/mol. The molecule has 0 unspecified atom stereocenters. The smallest absolute Gasteiger partial charge is 0.228 e. The summed E-state index contributed by atoms with van der Waals surface area (Å²) in [6.07, 6.45) is 5.16. The third-order valence-corrected chi connectivity index (χ3v) is 4.87. The van der Waals surface area contributed by atoms with Crippen molar-refractivity contribution in [3.8, 4) is 0 Å². The zero-order chi connectivity index (χ0) is 18.4. The van der Waals surface area contributed by atoms with Crippen molar-refractivity contribution >= 4 is 5.91 Å². The number of ether oxygens (including phenoxy) is 2. The molecule has 1 amide bonds. The molecule has 2 aromatic rings. The fraction of sp³-hybridized carbons (Fsp3) is 0.500. The van der Waals surface area contributed by atoms with Gasteiger partial charge in [0, 0.05) is 39.1 Å². The molecule has 6 nitrogen and oxygen atoms in total. The highest BCUT2D eigenvalue weighted by Gasteiger charge is 2.37. The van der Waals surface area contributed by atoms with E-state index in [1.54, 1.807) is 13.3 Å². The van der Waals surface area contributed by atoms with Gasteiger partial charge < -0.3 is 14.4 Å². The van der Waals surface area contributed by atoms with Crippen molar-refractivity contribution in [3.63, 3.8) is 0 Å². The normalized spacial score (nSPS) is 19.6. The average molecular weight is 357 g/mol. The molecule has 0 N–H and O–H groups in total. The van der Waals surface area contributed by atoms with Crippen LogP contribution >= 0.6 is 0 Å². The first-order valence-electron chi connectivity index (χ1n) is 9.11. The summed E-state index contributed by atoms with van der Waals surface area (Å²) in [5, 5.41) is 4.34. The van der Waals surface area contributed by atoms with Crippen LogP contribution in [-0.2, 0) is 27.2 Å². The highest BCUT2D eigenvalue weighted by molar-refractivity contribution is 5.79. The second kappa shape index (κ2) is 8.96. The van der Waals surface area contributed by atoms with Crippen LogP contribution in [0, 0.1) is 5.92 Å². The molecule has 3 rings (SSSR count). The van der Waals surface area contributed by atoms with E-state index in [4.69, 9.17) is 9.47 Å². The minimum absolute atomic E-state index is 0.143. The van der Waals surface area contributed by atoms with E-state index in [0.717, 1.165) is 18.4 Å². The molecule has 1 aromatic heterocycles. The number of nitrogens with zero attached hydrogens (tertiary/aromatic N) is 3. The summed E-state index contributed by atoms with van der Waals surface area (Å²) in [5.41, 5.74) is 2.21. The van der Waals surface area contributed by atoms with Gasteiger partial charge in [-0.1, -0.05) is 30.3 Å². The Balaban J connectivity index is 1.59. The Kier molecular flexibility index (Phi) is 6.41. The molecular formula is C20H27N3O3. The minimum atomic E-state index is -0.210. The molecular weight excluding hydrogens is 330 g/mol. The molecule has 1 aromatic carbocycles. The van der Waals surface area contributed by atoms with Gasteiger partial charge in [-0.25, -0.2) is 0 Å². The van der Waals surface area contributed by atoms with E-state index < -0.39 is 0 Å². The Labute approximate surface area is 154 Å². The maximum Gasteiger partial charge on any atom is 0.228 e. The topological polar surface area (TPSA) is 56.6 Å². The zero-order valence-corrected chi connectivity index (χ0v) is 15.5. The molecule has 2 atom stereocenters. The SMILES string of the molecule is COCCn1cc([C@H]2OCC[C@@H]2C(=O)N(C)CCc2ccccc2)cn1. The van der Waals surface area contributed by atoms with Crippen LogP contribution in [0.15, 0.2) is 42.7 Å². The lowest BCUT2D eigenvalue weighted by Gasteiger charge is -2.24. The first-order chi connectivity index (χ1) is 12.7. The lowest BCUT2D eigenvalue weighted by molar-refractivity contribution is -0.136. The molecule has 1 fully saturated rings. The molecule has 140 valence electrons. The van der Waals surface area contributed by atoms with E-state index in [2.05, 4.69) is 17.2 Å². The summed E-state index contributed by atoms with van der Waals surface area (Å²) in [6.45, 7) is 2.62.